The van der Waals surface area contributed by atoms with Gasteiger partial charge in [-0.15, -0.1) is 11.3 Å². The molecule has 0 fully saturated rings. The molecule has 0 radical (unpaired) electrons. The van der Waals surface area contributed by atoms with Gasteiger partial charge in [0, 0.05) is 14.5 Å². The van der Waals surface area contributed by atoms with Crippen LogP contribution in [-0.2, 0) is 0 Å². The molecule has 0 saturated heterocycles. The number of thiazole rings is 1. The molecule has 1 heterocycles. The first-order chi connectivity index (χ1) is 8.19. The molecular weight excluding hydrogens is 347 g/mol. The van der Waals surface area contributed by atoms with E-state index in [2.05, 4.69) is 33.6 Å². The number of nitrogens with two attached hydrogens (primary N) is 1. The second kappa shape index (κ2) is 5.50. The summed E-state index contributed by atoms with van der Waals surface area (Å²) in [5.41, 5.74) is 7.48. The third-order valence-corrected chi connectivity index (χ3v) is 3.53. The number of nitrogens with zero attached hydrogens (tertiary/aromatic N) is 1. The quantitative estimate of drug-likeness (QED) is 0.855. The Morgan fingerprint density at radius 1 is 1.41 bits per heavy atom. The number of rotatable bonds is 3. The predicted octanol–water partition coefficient (Wildman–Crippen LogP) is 3.51. The lowest BCUT2D eigenvalue weighted by atomic mass is 10.2. The lowest BCUT2D eigenvalue weighted by Gasteiger charge is -2.04. The molecule has 0 saturated carbocycles. The molecular formula is C12H11IN2OS. The molecule has 0 unspecified atom stereocenters. The van der Waals surface area contributed by atoms with E-state index in [0.29, 0.717) is 5.13 Å². The highest BCUT2D eigenvalue weighted by atomic mass is 127. The van der Waals surface area contributed by atoms with Crippen LogP contribution in [0.3, 0.4) is 0 Å². The monoisotopic (exact) mass is 358 g/mol. The maximum atomic E-state index is 5.58. The molecule has 0 aliphatic rings. The summed E-state index contributed by atoms with van der Waals surface area (Å²) in [4.78, 5) is 4.17. The topological polar surface area (TPSA) is 48.1 Å². The first-order valence-corrected chi connectivity index (χ1v) is 6.87. The van der Waals surface area contributed by atoms with Gasteiger partial charge in [-0.25, -0.2) is 4.98 Å². The van der Waals surface area contributed by atoms with Crippen LogP contribution < -0.4 is 10.5 Å². The average Bonchev–Trinajstić information content (AvgIpc) is 2.73. The zero-order chi connectivity index (χ0) is 12.3. The fourth-order valence-corrected chi connectivity index (χ4v) is 2.43. The van der Waals surface area contributed by atoms with Gasteiger partial charge in [-0.2, -0.15) is 0 Å². The van der Waals surface area contributed by atoms with Crippen LogP contribution in [0.5, 0.6) is 5.75 Å². The minimum Gasteiger partial charge on any atom is -0.496 e. The van der Waals surface area contributed by atoms with E-state index >= 15 is 0 Å². The molecule has 1 aromatic heterocycles. The third-order valence-electron chi connectivity index (χ3n) is 2.17. The zero-order valence-electron chi connectivity index (χ0n) is 9.18. The molecule has 2 N–H and O–H groups in total. The second-order valence-corrected chi connectivity index (χ2v) is 5.47. The Hall–Kier alpha value is -1.08. The number of nitrogen functional groups attached to an aromatic ring is 1. The largest absolute Gasteiger partial charge is 0.496 e. The number of hydrogen-bond acceptors (Lipinski definition) is 4. The van der Waals surface area contributed by atoms with E-state index in [9.17, 15) is 0 Å². The Bertz CT molecular complexity index is 551. The molecule has 0 bridgehead atoms. The zero-order valence-corrected chi connectivity index (χ0v) is 12.2. The number of benzene rings is 1. The van der Waals surface area contributed by atoms with Crippen molar-refractivity contribution in [2.24, 2.45) is 0 Å². The summed E-state index contributed by atoms with van der Waals surface area (Å²) in [5.74, 6) is 0.852. The van der Waals surface area contributed by atoms with Gasteiger partial charge in [-0.05, 0) is 52.9 Å². The summed E-state index contributed by atoms with van der Waals surface area (Å²) in [7, 11) is 1.67. The molecule has 0 amide bonds. The highest BCUT2D eigenvalue weighted by molar-refractivity contribution is 14.1. The highest BCUT2D eigenvalue weighted by Crippen LogP contribution is 2.23. The number of ether oxygens (including phenoxy) is 1. The Morgan fingerprint density at radius 2 is 2.24 bits per heavy atom. The van der Waals surface area contributed by atoms with E-state index in [1.165, 1.54) is 14.9 Å². The summed E-state index contributed by atoms with van der Waals surface area (Å²) in [6.07, 6.45) is 3.91. The second-order valence-electron chi connectivity index (χ2n) is 3.33. The Balaban J connectivity index is 2.28. The number of anilines is 1. The molecule has 5 heteroatoms. The maximum absolute atomic E-state index is 5.58. The van der Waals surface area contributed by atoms with Crippen molar-refractivity contribution in [3.05, 3.63) is 38.4 Å². The van der Waals surface area contributed by atoms with Crippen LogP contribution in [-0.4, -0.2) is 12.1 Å². The molecule has 1 aromatic carbocycles. The third kappa shape index (κ3) is 3.19. The molecule has 2 aromatic rings. The normalized spacial score (nSPS) is 10.9. The SMILES string of the molecule is COc1ccc(I)cc1C=Cc1csc(N)n1. The van der Waals surface area contributed by atoms with E-state index in [-0.39, 0.29) is 0 Å². The number of aromatic nitrogens is 1. The maximum Gasteiger partial charge on any atom is 0.180 e. The van der Waals surface area contributed by atoms with Crippen LogP contribution in [0.25, 0.3) is 12.2 Å². The Morgan fingerprint density at radius 3 is 2.88 bits per heavy atom. The van der Waals surface area contributed by atoms with Crippen molar-refractivity contribution in [1.82, 2.24) is 4.98 Å². The summed E-state index contributed by atoms with van der Waals surface area (Å²) < 4.78 is 6.46. The van der Waals surface area contributed by atoms with Crippen molar-refractivity contribution < 1.29 is 4.74 Å². The highest BCUT2D eigenvalue weighted by Gasteiger charge is 2.00. The standard InChI is InChI=1S/C12H11IN2OS/c1-16-11-5-3-9(13)6-8(11)2-4-10-7-17-12(14)15-10/h2-7H,1H3,(H2,14,15). The van der Waals surface area contributed by atoms with Crippen LogP contribution in [0, 0.1) is 3.57 Å². The molecule has 0 spiro atoms. The van der Waals surface area contributed by atoms with Gasteiger partial charge in [0.2, 0.25) is 0 Å². The smallest absolute Gasteiger partial charge is 0.180 e. The van der Waals surface area contributed by atoms with Gasteiger partial charge in [0.1, 0.15) is 5.75 Å². The average molecular weight is 358 g/mol. The molecule has 3 nitrogen and oxygen atoms in total. The van der Waals surface area contributed by atoms with Gasteiger partial charge in [0.05, 0.1) is 12.8 Å². The molecule has 2 rings (SSSR count). The van der Waals surface area contributed by atoms with Crippen LogP contribution >= 0.6 is 33.9 Å². The fraction of sp³-hybridized carbons (Fsp3) is 0.0833. The number of methoxy groups -OCH3 is 1. The summed E-state index contributed by atoms with van der Waals surface area (Å²) >= 11 is 3.71. The van der Waals surface area contributed by atoms with Gasteiger partial charge in [-0.1, -0.05) is 0 Å². The van der Waals surface area contributed by atoms with E-state index in [4.69, 9.17) is 10.5 Å². The van der Waals surface area contributed by atoms with Crippen LogP contribution in [0.2, 0.25) is 0 Å². The fourth-order valence-electron chi connectivity index (χ4n) is 1.39. The molecule has 88 valence electrons. The van der Waals surface area contributed by atoms with Crippen molar-refractivity contribution in [1.29, 1.82) is 0 Å². The first kappa shape index (κ1) is 12.4. The molecule has 0 atom stereocenters. The predicted molar refractivity (Wildman–Crippen MR) is 81.2 cm³/mol. The number of hydrogen-bond donors (Lipinski definition) is 1. The summed E-state index contributed by atoms with van der Waals surface area (Å²) in [6.45, 7) is 0. The van der Waals surface area contributed by atoms with Crippen LogP contribution in [0.15, 0.2) is 23.6 Å². The van der Waals surface area contributed by atoms with E-state index in [1.54, 1.807) is 7.11 Å². The summed E-state index contributed by atoms with van der Waals surface area (Å²) in [6, 6.07) is 6.03. The lowest BCUT2D eigenvalue weighted by Crippen LogP contribution is -1.87. The molecule has 17 heavy (non-hydrogen) atoms. The van der Waals surface area contributed by atoms with Gasteiger partial charge in [0.25, 0.3) is 0 Å². The van der Waals surface area contributed by atoms with Gasteiger partial charge >= 0.3 is 0 Å². The van der Waals surface area contributed by atoms with Gasteiger partial charge in [0.15, 0.2) is 5.13 Å². The molecule has 0 aliphatic heterocycles. The lowest BCUT2D eigenvalue weighted by molar-refractivity contribution is 0.414. The van der Waals surface area contributed by atoms with Crippen molar-refractivity contribution >= 4 is 51.2 Å². The van der Waals surface area contributed by atoms with Crippen molar-refractivity contribution in [2.45, 2.75) is 0 Å². The molecule has 0 aliphatic carbocycles. The number of halogens is 1. The first-order valence-electron chi connectivity index (χ1n) is 4.91. The van der Waals surface area contributed by atoms with Crippen LogP contribution in [0.1, 0.15) is 11.3 Å². The minimum atomic E-state index is 0.583. The van der Waals surface area contributed by atoms with Crippen molar-refractivity contribution in [3.63, 3.8) is 0 Å². The summed E-state index contributed by atoms with van der Waals surface area (Å²) in [5, 5.41) is 2.51. The van der Waals surface area contributed by atoms with E-state index in [0.717, 1.165) is 17.0 Å². The van der Waals surface area contributed by atoms with E-state index in [1.807, 2.05) is 29.7 Å². The Labute approximate surface area is 117 Å². The van der Waals surface area contributed by atoms with Gasteiger partial charge < -0.3 is 10.5 Å². The Kier molecular flexibility index (Phi) is 4.01. The van der Waals surface area contributed by atoms with E-state index < -0.39 is 0 Å². The van der Waals surface area contributed by atoms with Crippen molar-refractivity contribution in [3.8, 4) is 5.75 Å². The van der Waals surface area contributed by atoms with Crippen molar-refractivity contribution in [2.75, 3.05) is 12.8 Å². The van der Waals surface area contributed by atoms with Gasteiger partial charge in [-0.3, -0.25) is 0 Å². The van der Waals surface area contributed by atoms with Crippen LogP contribution in [0.4, 0.5) is 5.13 Å². The minimum absolute atomic E-state index is 0.583.